The molecule has 0 aliphatic rings. The lowest BCUT2D eigenvalue weighted by Crippen LogP contribution is -2.18. The summed E-state index contributed by atoms with van der Waals surface area (Å²) in [6, 6.07) is 14.8. The second kappa shape index (κ2) is 6.22. The van der Waals surface area contributed by atoms with Crippen molar-refractivity contribution in [3.8, 4) is 0 Å². The predicted octanol–water partition coefficient (Wildman–Crippen LogP) is 4.37. The summed E-state index contributed by atoms with van der Waals surface area (Å²) in [6.45, 7) is 5.73. The van der Waals surface area contributed by atoms with Crippen LogP contribution in [-0.4, -0.2) is 6.54 Å². The number of nitrogens with zero attached hydrogens (tertiary/aromatic N) is 1. The Morgan fingerprint density at radius 3 is 2.58 bits per heavy atom. The molecule has 0 aromatic heterocycles. The molecule has 19 heavy (non-hydrogen) atoms. The average Bonchev–Trinajstić information content (AvgIpc) is 2.40. The molecule has 0 aliphatic carbocycles. The summed E-state index contributed by atoms with van der Waals surface area (Å²) in [5.74, 6) is 0. The number of nitrogens with two attached hydrogens (primary N) is 1. The van der Waals surface area contributed by atoms with Crippen LogP contribution < -0.4 is 10.6 Å². The highest BCUT2D eigenvalue weighted by Crippen LogP contribution is 2.31. The van der Waals surface area contributed by atoms with Gasteiger partial charge in [0.15, 0.2) is 0 Å². The summed E-state index contributed by atoms with van der Waals surface area (Å²) >= 11 is 3.54. The maximum atomic E-state index is 5.86. The van der Waals surface area contributed by atoms with Gasteiger partial charge >= 0.3 is 0 Å². The van der Waals surface area contributed by atoms with Crippen molar-refractivity contribution < 1.29 is 0 Å². The monoisotopic (exact) mass is 318 g/mol. The van der Waals surface area contributed by atoms with E-state index in [1.54, 1.807) is 0 Å². The standard InChI is InChI=1S/C16H19BrN2/c1-3-19(15-6-4-5-12(2)9-15)16-10-14(17)8-7-13(16)11-18/h4-10H,3,11,18H2,1-2H3. The van der Waals surface area contributed by atoms with Gasteiger partial charge in [0, 0.05) is 28.9 Å². The first-order valence-electron chi connectivity index (χ1n) is 6.48. The molecule has 0 bridgehead atoms. The Hall–Kier alpha value is -1.32. The molecule has 0 heterocycles. The van der Waals surface area contributed by atoms with Gasteiger partial charge in [-0.25, -0.2) is 0 Å². The second-order valence-electron chi connectivity index (χ2n) is 4.56. The maximum absolute atomic E-state index is 5.86. The van der Waals surface area contributed by atoms with Crippen LogP contribution in [0.15, 0.2) is 46.9 Å². The van der Waals surface area contributed by atoms with Crippen LogP contribution in [0.1, 0.15) is 18.1 Å². The van der Waals surface area contributed by atoms with Crippen molar-refractivity contribution in [3.63, 3.8) is 0 Å². The first-order valence-corrected chi connectivity index (χ1v) is 7.27. The van der Waals surface area contributed by atoms with Crippen LogP contribution in [0.25, 0.3) is 0 Å². The third-order valence-corrected chi connectivity index (χ3v) is 3.68. The summed E-state index contributed by atoms with van der Waals surface area (Å²) in [6.07, 6.45) is 0. The van der Waals surface area contributed by atoms with E-state index in [4.69, 9.17) is 5.73 Å². The summed E-state index contributed by atoms with van der Waals surface area (Å²) in [5, 5.41) is 0. The van der Waals surface area contributed by atoms with Crippen molar-refractivity contribution in [1.29, 1.82) is 0 Å². The molecule has 0 unspecified atom stereocenters. The fraction of sp³-hybridized carbons (Fsp3) is 0.250. The maximum Gasteiger partial charge on any atom is 0.0467 e. The third-order valence-electron chi connectivity index (χ3n) is 3.19. The summed E-state index contributed by atoms with van der Waals surface area (Å²) in [5.41, 5.74) is 10.7. The zero-order valence-corrected chi connectivity index (χ0v) is 12.9. The number of benzene rings is 2. The predicted molar refractivity (Wildman–Crippen MR) is 85.9 cm³/mol. The first kappa shape index (κ1) is 14.1. The molecule has 2 aromatic rings. The Morgan fingerprint density at radius 1 is 1.16 bits per heavy atom. The van der Waals surface area contributed by atoms with Crippen LogP contribution in [0.2, 0.25) is 0 Å². The zero-order chi connectivity index (χ0) is 13.8. The Bertz CT molecular complexity index is 566. The van der Waals surface area contributed by atoms with Gasteiger partial charge in [-0.15, -0.1) is 0 Å². The van der Waals surface area contributed by atoms with Crippen LogP contribution in [0.4, 0.5) is 11.4 Å². The molecule has 0 saturated heterocycles. The third kappa shape index (κ3) is 3.17. The first-order chi connectivity index (χ1) is 9.15. The van der Waals surface area contributed by atoms with E-state index >= 15 is 0 Å². The molecule has 2 N–H and O–H groups in total. The Kier molecular flexibility index (Phi) is 4.61. The highest BCUT2D eigenvalue weighted by atomic mass is 79.9. The molecule has 0 aliphatic heterocycles. The molecule has 0 atom stereocenters. The van der Waals surface area contributed by atoms with Gasteiger partial charge in [-0.05, 0) is 49.2 Å². The van der Waals surface area contributed by atoms with Crippen LogP contribution >= 0.6 is 15.9 Å². The van der Waals surface area contributed by atoms with Crippen LogP contribution in [-0.2, 0) is 6.54 Å². The van der Waals surface area contributed by atoms with Crippen LogP contribution in [0, 0.1) is 6.92 Å². The Labute approximate surface area is 123 Å². The van der Waals surface area contributed by atoms with E-state index < -0.39 is 0 Å². The van der Waals surface area contributed by atoms with Gasteiger partial charge in [0.2, 0.25) is 0 Å². The molecule has 2 nitrogen and oxygen atoms in total. The molecule has 0 fully saturated rings. The lowest BCUT2D eigenvalue weighted by Gasteiger charge is -2.26. The minimum Gasteiger partial charge on any atom is -0.341 e. The molecular formula is C16H19BrN2. The fourth-order valence-electron chi connectivity index (χ4n) is 2.25. The molecule has 0 spiro atoms. The molecule has 2 aromatic carbocycles. The molecule has 0 radical (unpaired) electrons. The van der Waals surface area contributed by atoms with Crippen molar-refractivity contribution in [1.82, 2.24) is 0 Å². The molecular weight excluding hydrogens is 300 g/mol. The normalized spacial score (nSPS) is 10.5. The minimum atomic E-state index is 0.547. The van der Waals surface area contributed by atoms with Gasteiger partial charge in [0.1, 0.15) is 0 Å². The van der Waals surface area contributed by atoms with E-state index in [9.17, 15) is 0 Å². The lowest BCUT2D eigenvalue weighted by molar-refractivity contribution is 0.981. The van der Waals surface area contributed by atoms with Crippen LogP contribution in [0.3, 0.4) is 0 Å². The SMILES string of the molecule is CCN(c1cccc(C)c1)c1cc(Br)ccc1CN. The highest BCUT2D eigenvalue weighted by Gasteiger charge is 2.11. The summed E-state index contributed by atoms with van der Waals surface area (Å²) in [7, 11) is 0. The van der Waals surface area contributed by atoms with E-state index in [0.29, 0.717) is 6.54 Å². The summed E-state index contributed by atoms with van der Waals surface area (Å²) in [4.78, 5) is 2.29. The Balaban J connectivity index is 2.50. The second-order valence-corrected chi connectivity index (χ2v) is 5.48. The number of hydrogen-bond acceptors (Lipinski definition) is 2. The van der Waals surface area contributed by atoms with Gasteiger partial charge in [-0.1, -0.05) is 34.1 Å². The molecule has 100 valence electrons. The zero-order valence-electron chi connectivity index (χ0n) is 11.4. The van der Waals surface area contributed by atoms with E-state index in [0.717, 1.165) is 16.6 Å². The van der Waals surface area contributed by atoms with E-state index in [2.05, 4.69) is 71.1 Å². The van der Waals surface area contributed by atoms with Crippen molar-refractivity contribution in [3.05, 3.63) is 58.1 Å². The molecule has 0 saturated carbocycles. The average molecular weight is 319 g/mol. The van der Waals surface area contributed by atoms with Gasteiger partial charge in [-0.2, -0.15) is 0 Å². The van der Waals surface area contributed by atoms with Gasteiger partial charge in [0.25, 0.3) is 0 Å². The number of rotatable bonds is 4. The van der Waals surface area contributed by atoms with Crippen molar-refractivity contribution in [2.75, 3.05) is 11.4 Å². The largest absolute Gasteiger partial charge is 0.341 e. The number of halogens is 1. The van der Waals surface area contributed by atoms with E-state index in [1.165, 1.54) is 16.9 Å². The quantitative estimate of drug-likeness (QED) is 0.906. The number of aryl methyl sites for hydroxylation is 1. The summed E-state index contributed by atoms with van der Waals surface area (Å²) < 4.78 is 1.07. The van der Waals surface area contributed by atoms with Gasteiger partial charge < -0.3 is 10.6 Å². The van der Waals surface area contributed by atoms with Crippen LogP contribution in [0.5, 0.6) is 0 Å². The van der Waals surface area contributed by atoms with Crippen molar-refractivity contribution in [2.24, 2.45) is 5.73 Å². The highest BCUT2D eigenvalue weighted by molar-refractivity contribution is 9.10. The van der Waals surface area contributed by atoms with Gasteiger partial charge in [0.05, 0.1) is 0 Å². The minimum absolute atomic E-state index is 0.547. The number of hydrogen-bond donors (Lipinski definition) is 1. The molecule has 0 amide bonds. The van der Waals surface area contributed by atoms with Crippen molar-refractivity contribution >= 4 is 27.3 Å². The number of anilines is 2. The fourth-order valence-corrected chi connectivity index (χ4v) is 2.60. The Morgan fingerprint density at radius 2 is 1.95 bits per heavy atom. The molecule has 3 heteroatoms. The van der Waals surface area contributed by atoms with E-state index in [1.807, 2.05) is 6.07 Å². The topological polar surface area (TPSA) is 29.3 Å². The van der Waals surface area contributed by atoms with Gasteiger partial charge in [-0.3, -0.25) is 0 Å². The lowest BCUT2D eigenvalue weighted by atomic mass is 10.1. The van der Waals surface area contributed by atoms with Crippen molar-refractivity contribution in [2.45, 2.75) is 20.4 Å². The molecule has 2 rings (SSSR count). The van der Waals surface area contributed by atoms with E-state index in [-0.39, 0.29) is 0 Å². The smallest absolute Gasteiger partial charge is 0.0467 e.